The Morgan fingerprint density at radius 3 is 2.79 bits per heavy atom. The molecule has 3 rings (SSSR count). The Hall–Kier alpha value is -1.92. The number of rotatable bonds is 5. The highest BCUT2D eigenvalue weighted by Crippen LogP contribution is 2.15. The maximum atomic E-state index is 12.3. The molecule has 0 saturated carbocycles. The largest absolute Gasteiger partial charge is 0.351 e. The number of hydrogen-bond acceptors (Lipinski definition) is 3. The lowest BCUT2D eigenvalue weighted by Crippen LogP contribution is -2.42. The summed E-state index contributed by atoms with van der Waals surface area (Å²) in [7, 11) is 0. The molecular weight excluding hydrogens is 320 g/mol. The van der Waals surface area contributed by atoms with Crippen LogP contribution in [-0.2, 0) is 0 Å². The van der Waals surface area contributed by atoms with E-state index in [1.807, 2.05) is 35.0 Å². The number of nitrogens with one attached hydrogen (secondary N) is 2. The zero-order valence-corrected chi connectivity index (χ0v) is 14.8. The normalized spacial score (nSPS) is 18.5. The summed E-state index contributed by atoms with van der Waals surface area (Å²) in [4.78, 5) is 17.7. The molecular formula is C18H24N4OS. The van der Waals surface area contributed by atoms with E-state index in [1.54, 1.807) is 6.20 Å². The van der Waals surface area contributed by atoms with Gasteiger partial charge in [0.2, 0.25) is 0 Å². The number of aromatic nitrogens is 2. The number of nitrogens with zero attached hydrogens (tertiary/aromatic N) is 2. The number of aromatic amines is 1. The highest BCUT2D eigenvalue weighted by atomic mass is 32.1. The van der Waals surface area contributed by atoms with E-state index < -0.39 is 0 Å². The van der Waals surface area contributed by atoms with E-state index in [4.69, 9.17) is 12.2 Å². The van der Waals surface area contributed by atoms with E-state index in [0.29, 0.717) is 22.9 Å². The molecule has 2 N–H and O–H groups in total. The predicted octanol–water partition coefficient (Wildman–Crippen LogP) is 3.14. The number of hydrogen-bond donors (Lipinski definition) is 2. The second-order valence-electron chi connectivity index (χ2n) is 6.32. The van der Waals surface area contributed by atoms with Gasteiger partial charge in [-0.2, -0.15) is 0 Å². The third kappa shape index (κ3) is 3.94. The summed E-state index contributed by atoms with van der Waals surface area (Å²) in [6.45, 7) is 5.02. The lowest BCUT2D eigenvalue weighted by Gasteiger charge is -2.33. The molecule has 5 nitrogen and oxygen atoms in total. The van der Waals surface area contributed by atoms with Gasteiger partial charge in [-0.25, -0.2) is 0 Å². The minimum Gasteiger partial charge on any atom is -0.351 e. The van der Waals surface area contributed by atoms with Crippen LogP contribution in [0.5, 0.6) is 0 Å². The van der Waals surface area contributed by atoms with E-state index in [0.717, 1.165) is 18.8 Å². The lowest BCUT2D eigenvalue weighted by molar-refractivity contribution is 0.0938. The van der Waals surface area contributed by atoms with E-state index >= 15 is 0 Å². The van der Waals surface area contributed by atoms with Crippen LogP contribution in [0.15, 0.2) is 36.7 Å². The molecule has 0 radical (unpaired) electrons. The average Bonchev–Trinajstić information content (AvgIpc) is 3.03. The predicted molar refractivity (Wildman–Crippen MR) is 98.2 cm³/mol. The van der Waals surface area contributed by atoms with Gasteiger partial charge in [0.25, 0.3) is 5.91 Å². The van der Waals surface area contributed by atoms with Gasteiger partial charge in [0.15, 0.2) is 4.77 Å². The van der Waals surface area contributed by atoms with Crippen molar-refractivity contribution in [1.29, 1.82) is 0 Å². The molecule has 0 spiro atoms. The molecule has 2 aromatic rings. The first kappa shape index (κ1) is 16.9. The minimum absolute atomic E-state index is 0.0242. The number of H-pyrrole nitrogens is 1. The quantitative estimate of drug-likeness (QED) is 0.820. The molecule has 1 aliphatic heterocycles. The fourth-order valence-electron chi connectivity index (χ4n) is 3.20. The smallest absolute Gasteiger partial charge is 0.251 e. The standard InChI is InChI=1S/C18H24N4OS/c1-14-4-2-3-11-21(14)12-9-19-17(23)15-5-7-16(8-6-15)22-13-10-20-18(22)24/h5-8,10,13-14H,2-4,9,11-12H2,1H3,(H,19,23)(H,20,24)/t14-/m1/s1. The van der Waals surface area contributed by atoms with E-state index in [2.05, 4.69) is 22.1 Å². The van der Waals surface area contributed by atoms with Crippen molar-refractivity contribution in [1.82, 2.24) is 19.8 Å². The zero-order chi connectivity index (χ0) is 16.9. The minimum atomic E-state index is -0.0242. The average molecular weight is 344 g/mol. The maximum Gasteiger partial charge on any atom is 0.251 e. The number of carbonyl (C=O) groups is 1. The van der Waals surface area contributed by atoms with Crippen LogP contribution in [0, 0.1) is 4.77 Å². The van der Waals surface area contributed by atoms with Crippen molar-refractivity contribution in [3.05, 3.63) is 47.0 Å². The van der Waals surface area contributed by atoms with Gasteiger partial charge in [-0.05, 0) is 62.8 Å². The first-order chi connectivity index (χ1) is 11.6. The molecule has 0 bridgehead atoms. The monoisotopic (exact) mass is 344 g/mol. The molecule has 6 heteroatoms. The number of piperidine rings is 1. The molecule has 0 unspecified atom stereocenters. The lowest BCUT2D eigenvalue weighted by atomic mass is 10.0. The van der Waals surface area contributed by atoms with Crippen molar-refractivity contribution in [2.24, 2.45) is 0 Å². The van der Waals surface area contributed by atoms with Gasteiger partial charge >= 0.3 is 0 Å². The van der Waals surface area contributed by atoms with Crippen LogP contribution in [0.2, 0.25) is 0 Å². The van der Waals surface area contributed by atoms with Crippen LogP contribution in [0.1, 0.15) is 36.5 Å². The van der Waals surface area contributed by atoms with Crippen molar-refractivity contribution in [2.75, 3.05) is 19.6 Å². The first-order valence-corrected chi connectivity index (χ1v) is 8.95. The third-order valence-corrected chi connectivity index (χ3v) is 5.00. The molecule has 1 aromatic carbocycles. The van der Waals surface area contributed by atoms with Gasteiger partial charge in [0.1, 0.15) is 0 Å². The Labute approximate surface area is 147 Å². The van der Waals surface area contributed by atoms with Crippen LogP contribution in [0.3, 0.4) is 0 Å². The van der Waals surface area contributed by atoms with Crippen molar-refractivity contribution in [3.63, 3.8) is 0 Å². The van der Waals surface area contributed by atoms with Crippen LogP contribution in [0.25, 0.3) is 5.69 Å². The molecule has 1 aromatic heterocycles. The Bertz CT molecular complexity index is 734. The number of likely N-dealkylation sites (tertiary alicyclic amines) is 1. The van der Waals surface area contributed by atoms with Gasteiger partial charge < -0.3 is 10.3 Å². The SMILES string of the molecule is C[C@@H]1CCCCN1CCNC(=O)c1ccc(-n2cc[nH]c2=S)cc1. The van der Waals surface area contributed by atoms with Crippen LogP contribution in [0.4, 0.5) is 0 Å². The molecule has 24 heavy (non-hydrogen) atoms. The molecule has 1 fully saturated rings. The van der Waals surface area contributed by atoms with E-state index in [9.17, 15) is 4.79 Å². The van der Waals surface area contributed by atoms with E-state index in [1.165, 1.54) is 19.3 Å². The Balaban J connectivity index is 1.53. The molecule has 1 saturated heterocycles. The molecule has 0 aliphatic carbocycles. The number of imidazole rings is 1. The summed E-state index contributed by atoms with van der Waals surface area (Å²) in [5.41, 5.74) is 1.62. The molecule has 1 amide bonds. The van der Waals surface area contributed by atoms with E-state index in [-0.39, 0.29) is 5.91 Å². The molecule has 128 valence electrons. The van der Waals surface area contributed by atoms with Gasteiger partial charge in [0, 0.05) is 42.8 Å². The summed E-state index contributed by atoms with van der Waals surface area (Å²) < 4.78 is 2.51. The molecule has 1 aliphatic rings. The van der Waals surface area contributed by atoms with Crippen molar-refractivity contribution < 1.29 is 4.79 Å². The van der Waals surface area contributed by atoms with Gasteiger partial charge in [-0.1, -0.05) is 6.42 Å². The summed E-state index contributed by atoms with van der Waals surface area (Å²) >= 11 is 5.20. The highest BCUT2D eigenvalue weighted by molar-refractivity contribution is 7.71. The Morgan fingerprint density at radius 2 is 2.12 bits per heavy atom. The third-order valence-electron chi connectivity index (χ3n) is 4.68. The van der Waals surface area contributed by atoms with Crippen LogP contribution < -0.4 is 5.32 Å². The number of benzene rings is 1. The van der Waals surface area contributed by atoms with Crippen molar-refractivity contribution in [2.45, 2.75) is 32.2 Å². The molecule has 1 atom stereocenters. The summed E-state index contributed by atoms with van der Waals surface area (Å²) in [6.07, 6.45) is 7.52. The van der Waals surface area contributed by atoms with Crippen LogP contribution in [-0.4, -0.2) is 46.0 Å². The Kier molecular flexibility index (Phi) is 5.48. The fourth-order valence-corrected chi connectivity index (χ4v) is 3.44. The zero-order valence-electron chi connectivity index (χ0n) is 14.0. The summed E-state index contributed by atoms with van der Waals surface area (Å²) in [5.74, 6) is -0.0242. The van der Waals surface area contributed by atoms with Gasteiger partial charge in [0.05, 0.1) is 0 Å². The second kappa shape index (κ2) is 7.77. The summed E-state index contributed by atoms with van der Waals surface area (Å²) in [5, 5.41) is 3.02. The van der Waals surface area contributed by atoms with Crippen molar-refractivity contribution >= 4 is 18.1 Å². The summed E-state index contributed by atoms with van der Waals surface area (Å²) in [6, 6.07) is 8.11. The number of amides is 1. The Morgan fingerprint density at radius 1 is 1.33 bits per heavy atom. The van der Waals surface area contributed by atoms with Crippen LogP contribution >= 0.6 is 12.2 Å². The molecule has 2 heterocycles. The second-order valence-corrected chi connectivity index (χ2v) is 6.71. The first-order valence-electron chi connectivity index (χ1n) is 8.54. The maximum absolute atomic E-state index is 12.3. The fraction of sp³-hybridized carbons (Fsp3) is 0.444. The van der Waals surface area contributed by atoms with Gasteiger partial charge in [-0.3, -0.25) is 14.3 Å². The number of carbonyl (C=O) groups excluding carboxylic acids is 1. The van der Waals surface area contributed by atoms with Crippen molar-refractivity contribution in [3.8, 4) is 5.69 Å². The van der Waals surface area contributed by atoms with Gasteiger partial charge in [-0.15, -0.1) is 0 Å². The topological polar surface area (TPSA) is 53.1 Å². The highest BCUT2D eigenvalue weighted by Gasteiger charge is 2.17.